The predicted octanol–water partition coefficient (Wildman–Crippen LogP) is 4.21. The third-order valence-electron chi connectivity index (χ3n) is 1.92. The van der Waals surface area contributed by atoms with Crippen LogP contribution in [0.15, 0.2) is 16.6 Å². The van der Waals surface area contributed by atoms with Gasteiger partial charge in [-0.2, -0.15) is 11.8 Å². The number of halogens is 2. The van der Waals surface area contributed by atoms with E-state index in [2.05, 4.69) is 22.9 Å². The number of anilines is 1. The Labute approximate surface area is 114 Å². The quantitative estimate of drug-likeness (QED) is 0.629. The number of rotatable bonds is 6. The van der Waals surface area contributed by atoms with E-state index >= 15 is 0 Å². The molecule has 0 saturated carbocycles. The van der Waals surface area contributed by atoms with Crippen LogP contribution < -0.4 is 10.5 Å². The van der Waals surface area contributed by atoms with Gasteiger partial charge in [-0.15, -0.1) is 0 Å². The predicted molar refractivity (Wildman–Crippen MR) is 76.7 cm³/mol. The minimum absolute atomic E-state index is 0.572. The molecule has 0 spiro atoms. The fraction of sp³-hybridized carbons (Fsp3) is 0.455. The summed E-state index contributed by atoms with van der Waals surface area (Å²) in [7, 11) is 0. The molecule has 0 heterocycles. The Morgan fingerprint density at radius 3 is 2.88 bits per heavy atom. The van der Waals surface area contributed by atoms with E-state index in [0.717, 1.165) is 22.4 Å². The maximum atomic E-state index is 5.86. The second-order valence-electron chi connectivity index (χ2n) is 3.20. The summed E-state index contributed by atoms with van der Waals surface area (Å²) in [5.74, 6) is 2.94. The zero-order valence-electron chi connectivity index (χ0n) is 9.13. The van der Waals surface area contributed by atoms with E-state index in [1.807, 2.05) is 11.8 Å². The largest absolute Gasteiger partial charge is 0.490 e. The standard InChI is InChI=1S/C11H15BrClNOS/c1-2-16-5-3-4-15-11-9(12)6-8(13)7-10(11)14/h6-7H,2-5,14H2,1H3. The third kappa shape index (κ3) is 4.44. The van der Waals surface area contributed by atoms with Crippen LogP contribution in [0.1, 0.15) is 13.3 Å². The molecule has 1 aromatic carbocycles. The SMILES string of the molecule is CCSCCCOc1c(N)cc(Cl)cc1Br. The lowest BCUT2D eigenvalue weighted by atomic mass is 10.3. The van der Waals surface area contributed by atoms with Crippen LogP contribution in [0.25, 0.3) is 0 Å². The lowest BCUT2D eigenvalue weighted by Gasteiger charge is -2.11. The van der Waals surface area contributed by atoms with Gasteiger partial charge in [0, 0.05) is 5.02 Å². The van der Waals surface area contributed by atoms with Crippen molar-refractivity contribution in [2.45, 2.75) is 13.3 Å². The normalized spacial score (nSPS) is 10.4. The average molecular weight is 325 g/mol. The maximum Gasteiger partial charge on any atom is 0.156 e. The number of nitrogens with two attached hydrogens (primary N) is 1. The molecule has 0 aliphatic heterocycles. The summed E-state index contributed by atoms with van der Waals surface area (Å²) in [5.41, 5.74) is 6.39. The number of thioether (sulfide) groups is 1. The van der Waals surface area contributed by atoms with Gasteiger partial charge in [0.2, 0.25) is 0 Å². The zero-order chi connectivity index (χ0) is 12.0. The molecule has 0 aromatic heterocycles. The fourth-order valence-corrected chi connectivity index (χ4v) is 2.77. The molecule has 0 amide bonds. The van der Waals surface area contributed by atoms with Crippen LogP contribution in [-0.4, -0.2) is 18.1 Å². The Morgan fingerprint density at radius 2 is 2.25 bits per heavy atom. The summed E-state index contributed by atoms with van der Waals surface area (Å²) in [6, 6.07) is 3.48. The summed E-state index contributed by atoms with van der Waals surface area (Å²) in [6.07, 6.45) is 1.02. The molecule has 5 heteroatoms. The first-order valence-electron chi connectivity index (χ1n) is 5.10. The van der Waals surface area contributed by atoms with Gasteiger partial charge < -0.3 is 10.5 Å². The van der Waals surface area contributed by atoms with E-state index in [0.29, 0.717) is 23.1 Å². The monoisotopic (exact) mass is 323 g/mol. The van der Waals surface area contributed by atoms with Crippen molar-refractivity contribution in [3.8, 4) is 5.75 Å². The van der Waals surface area contributed by atoms with E-state index in [4.69, 9.17) is 22.1 Å². The maximum absolute atomic E-state index is 5.86. The molecule has 0 fully saturated rings. The van der Waals surface area contributed by atoms with Gasteiger partial charge in [-0.05, 0) is 46.0 Å². The number of hydrogen-bond acceptors (Lipinski definition) is 3. The average Bonchev–Trinajstić information content (AvgIpc) is 2.20. The molecule has 2 nitrogen and oxygen atoms in total. The second kappa shape index (κ2) is 7.30. The highest BCUT2D eigenvalue weighted by Crippen LogP contribution is 2.34. The molecular formula is C11H15BrClNOS. The van der Waals surface area contributed by atoms with Crippen molar-refractivity contribution in [2.75, 3.05) is 23.8 Å². The molecule has 90 valence electrons. The molecular weight excluding hydrogens is 310 g/mol. The molecule has 2 N–H and O–H groups in total. The summed E-state index contributed by atoms with van der Waals surface area (Å²) in [4.78, 5) is 0. The van der Waals surface area contributed by atoms with E-state index < -0.39 is 0 Å². The Hall–Kier alpha value is -0.0600. The van der Waals surface area contributed by atoms with Crippen molar-refractivity contribution in [3.63, 3.8) is 0 Å². The van der Waals surface area contributed by atoms with Gasteiger partial charge in [0.15, 0.2) is 5.75 Å². The Balaban J connectivity index is 2.47. The van der Waals surface area contributed by atoms with Crippen molar-refractivity contribution < 1.29 is 4.74 Å². The molecule has 0 atom stereocenters. The van der Waals surface area contributed by atoms with E-state index in [1.54, 1.807) is 12.1 Å². The highest BCUT2D eigenvalue weighted by molar-refractivity contribution is 9.10. The highest BCUT2D eigenvalue weighted by atomic mass is 79.9. The van der Waals surface area contributed by atoms with Crippen molar-refractivity contribution in [3.05, 3.63) is 21.6 Å². The number of benzene rings is 1. The number of ether oxygens (including phenoxy) is 1. The van der Waals surface area contributed by atoms with E-state index in [1.165, 1.54) is 0 Å². The van der Waals surface area contributed by atoms with Gasteiger partial charge >= 0.3 is 0 Å². The lowest BCUT2D eigenvalue weighted by Crippen LogP contribution is -2.02. The summed E-state index contributed by atoms with van der Waals surface area (Å²) < 4.78 is 6.43. The molecule has 1 aromatic rings. The topological polar surface area (TPSA) is 35.2 Å². The number of hydrogen-bond donors (Lipinski definition) is 1. The Morgan fingerprint density at radius 1 is 1.50 bits per heavy atom. The molecule has 0 bridgehead atoms. The summed E-state index contributed by atoms with van der Waals surface area (Å²) in [5, 5.41) is 0.610. The molecule has 0 unspecified atom stereocenters. The lowest BCUT2D eigenvalue weighted by molar-refractivity contribution is 0.318. The van der Waals surface area contributed by atoms with Gasteiger partial charge in [-0.3, -0.25) is 0 Å². The van der Waals surface area contributed by atoms with Gasteiger partial charge in [-0.1, -0.05) is 18.5 Å². The minimum atomic E-state index is 0.572. The molecule has 1 rings (SSSR count). The Bertz CT molecular complexity index is 326. The van der Waals surface area contributed by atoms with Crippen LogP contribution in [-0.2, 0) is 0 Å². The number of nitrogen functional groups attached to an aromatic ring is 1. The fourth-order valence-electron chi connectivity index (χ4n) is 1.21. The van der Waals surface area contributed by atoms with E-state index in [-0.39, 0.29) is 0 Å². The first kappa shape index (κ1) is 14.0. The summed E-state index contributed by atoms with van der Waals surface area (Å²) >= 11 is 11.2. The van der Waals surface area contributed by atoms with Crippen LogP contribution in [0.5, 0.6) is 5.75 Å². The van der Waals surface area contributed by atoms with Crippen LogP contribution in [0.2, 0.25) is 5.02 Å². The molecule has 0 aliphatic carbocycles. The van der Waals surface area contributed by atoms with Gasteiger partial charge in [0.1, 0.15) is 0 Å². The van der Waals surface area contributed by atoms with Crippen LogP contribution in [0.3, 0.4) is 0 Å². The van der Waals surface area contributed by atoms with Gasteiger partial charge in [0.05, 0.1) is 16.8 Å². The molecule has 0 saturated heterocycles. The smallest absolute Gasteiger partial charge is 0.156 e. The van der Waals surface area contributed by atoms with Gasteiger partial charge in [0.25, 0.3) is 0 Å². The molecule has 16 heavy (non-hydrogen) atoms. The first-order chi connectivity index (χ1) is 7.65. The first-order valence-corrected chi connectivity index (χ1v) is 7.42. The third-order valence-corrected chi connectivity index (χ3v) is 3.71. The second-order valence-corrected chi connectivity index (χ2v) is 5.89. The van der Waals surface area contributed by atoms with E-state index in [9.17, 15) is 0 Å². The van der Waals surface area contributed by atoms with Crippen LogP contribution >= 0.6 is 39.3 Å². The van der Waals surface area contributed by atoms with Crippen molar-refractivity contribution in [2.24, 2.45) is 0 Å². The molecule has 0 aliphatic rings. The van der Waals surface area contributed by atoms with Crippen molar-refractivity contribution in [1.29, 1.82) is 0 Å². The zero-order valence-corrected chi connectivity index (χ0v) is 12.3. The van der Waals surface area contributed by atoms with Crippen molar-refractivity contribution in [1.82, 2.24) is 0 Å². The summed E-state index contributed by atoms with van der Waals surface area (Å²) in [6.45, 7) is 2.83. The van der Waals surface area contributed by atoms with Crippen molar-refractivity contribution >= 4 is 45.0 Å². The van der Waals surface area contributed by atoms with Gasteiger partial charge in [-0.25, -0.2) is 0 Å². The minimum Gasteiger partial charge on any atom is -0.490 e. The van der Waals surface area contributed by atoms with Crippen LogP contribution in [0, 0.1) is 0 Å². The van der Waals surface area contributed by atoms with Crippen LogP contribution in [0.4, 0.5) is 5.69 Å². The Kier molecular flexibility index (Phi) is 6.39. The highest BCUT2D eigenvalue weighted by Gasteiger charge is 2.07. The molecule has 0 radical (unpaired) electrons.